The van der Waals surface area contributed by atoms with E-state index < -0.39 is 0 Å². The maximum absolute atomic E-state index is 12.9. The summed E-state index contributed by atoms with van der Waals surface area (Å²) < 4.78 is 1.82. The van der Waals surface area contributed by atoms with Crippen LogP contribution in [0.5, 0.6) is 0 Å². The van der Waals surface area contributed by atoms with Crippen LogP contribution in [-0.4, -0.2) is 51.8 Å². The van der Waals surface area contributed by atoms with Crippen LogP contribution in [0.15, 0.2) is 54.6 Å². The molecular formula is C24H29N5O. The van der Waals surface area contributed by atoms with Crippen LogP contribution in [0.25, 0.3) is 5.69 Å². The van der Waals surface area contributed by atoms with Gasteiger partial charge in [0.15, 0.2) is 0 Å². The van der Waals surface area contributed by atoms with Gasteiger partial charge in [-0.1, -0.05) is 42.5 Å². The molecule has 3 aromatic rings. The molecule has 0 aliphatic carbocycles. The minimum Gasteiger partial charge on any atom is -0.346 e. The van der Waals surface area contributed by atoms with Gasteiger partial charge >= 0.3 is 0 Å². The molecule has 6 nitrogen and oxygen atoms in total. The molecule has 0 saturated carbocycles. The summed E-state index contributed by atoms with van der Waals surface area (Å²) in [6, 6.07) is 18.6. The molecule has 1 fully saturated rings. The van der Waals surface area contributed by atoms with Crippen molar-refractivity contribution in [2.75, 3.05) is 20.1 Å². The molecular weight excluding hydrogens is 374 g/mol. The SMILES string of the molecule is Cc1cccc(-n2nc(C(=O)NC3CCN(C)CC3)nc2CCc2ccccc2)c1. The molecule has 30 heavy (non-hydrogen) atoms. The van der Waals surface area contributed by atoms with E-state index >= 15 is 0 Å². The minimum absolute atomic E-state index is 0.183. The molecule has 1 amide bonds. The van der Waals surface area contributed by atoms with Crippen molar-refractivity contribution in [2.45, 2.75) is 38.6 Å². The number of hydrogen-bond donors (Lipinski definition) is 1. The fraction of sp³-hybridized carbons (Fsp3) is 0.375. The average Bonchev–Trinajstić information content (AvgIpc) is 3.19. The highest BCUT2D eigenvalue weighted by atomic mass is 16.2. The lowest BCUT2D eigenvalue weighted by atomic mass is 10.1. The van der Waals surface area contributed by atoms with Crippen LogP contribution < -0.4 is 5.32 Å². The zero-order chi connectivity index (χ0) is 20.9. The Kier molecular flexibility index (Phi) is 6.23. The Morgan fingerprint density at radius 3 is 2.57 bits per heavy atom. The monoisotopic (exact) mass is 403 g/mol. The number of nitrogens with zero attached hydrogens (tertiary/aromatic N) is 4. The van der Waals surface area contributed by atoms with E-state index in [0.717, 1.165) is 49.4 Å². The Bertz CT molecular complexity index is 990. The summed E-state index contributed by atoms with van der Waals surface area (Å²) in [7, 11) is 2.11. The van der Waals surface area contributed by atoms with Gasteiger partial charge in [-0.25, -0.2) is 9.67 Å². The number of rotatable bonds is 6. The van der Waals surface area contributed by atoms with Crippen molar-refractivity contribution in [1.29, 1.82) is 0 Å². The van der Waals surface area contributed by atoms with E-state index in [0.29, 0.717) is 6.42 Å². The number of carbonyl (C=O) groups excluding carboxylic acids is 1. The van der Waals surface area contributed by atoms with E-state index in [9.17, 15) is 4.79 Å². The third-order valence-corrected chi connectivity index (χ3v) is 5.66. The number of amides is 1. The first-order chi connectivity index (χ1) is 14.6. The second-order valence-electron chi connectivity index (χ2n) is 8.14. The number of nitrogens with one attached hydrogen (secondary N) is 1. The number of carbonyl (C=O) groups is 1. The molecule has 1 aromatic heterocycles. The molecule has 2 aromatic carbocycles. The topological polar surface area (TPSA) is 63.1 Å². The normalized spacial score (nSPS) is 15.3. The largest absolute Gasteiger partial charge is 0.346 e. The van der Waals surface area contributed by atoms with E-state index in [1.807, 2.05) is 35.0 Å². The summed E-state index contributed by atoms with van der Waals surface area (Å²) in [5, 5.41) is 7.73. The fourth-order valence-corrected chi connectivity index (χ4v) is 3.87. The van der Waals surface area contributed by atoms with Crippen molar-refractivity contribution in [2.24, 2.45) is 0 Å². The van der Waals surface area contributed by atoms with Crippen LogP contribution in [0.4, 0.5) is 0 Å². The van der Waals surface area contributed by atoms with Gasteiger partial charge in [0.25, 0.3) is 5.91 Å². The Labute approximate surface area is 177 Å². The number of hydrogen-bond acceptors (Lipinski definition) is 4. The second kappa shape index (κ2) is 9.22. The molecule has 6 heteroatoms. The van der Waals surface area contributed by atoms with E-state index in [4.69, 9.17) is 0 Å². The van der Waals surface area contributed by atoms with Crippen molar-refractivity contribution in [3.05, 3.63) is 77.4 Å². The van der Waals surface area contributed by atoms with Crippen molar-refractivity contribution in [3.8, 4) is 5.69 Å². The van der Waals surface area contributed by atoms with Gasteiger partial charge in [0.1, 0.15) is 5.82 Å². The number of benzene rings is 2. The van der Waals surface area contributed by atoms with Gasteiger partial charge < -0.3 is 10.2 Å². The Balaban J connectivity index is 1.56. The third kappa shape index (κ3) is 4.94. The van der Waals surface area contributed by atoms with Crippen molar-refractivity contribution >= 4 is 5.91 Å². The van der Waals surface area contributed by atoms with Gasteiger partial charge in [-0.2, -0.15) is 0 Å². The smallest absolute Gasteiger partial charge is 0.291 e. The molecule has 0 spiro atoms. The molecule has 0 radical (unpaired) electrons. The van der Waals surface area contributed by atoms with Crippen molar-refractivity contribution in [3.63, 3.8) is 0 Å². The average molecular weight is 404 g/mol. The highest BCUT2D eigenvalue weighted by molar-refractivity contribution is 5.90. The fourth-order valence-electron chi connectivity index (χ4n) is 3.87. The van der Waals surface area contributed by atoms with Crippen LogP contribution in [-0.2, 0) is 12.8 Å². The Hall–Kier alpha value is -2.99. The summed E-state index contributed by atoms with van der Waals surface area (Å²) in [5.74, 6) is 0.869. The zero-order valence-electron chi connectivity index (χ0n) is 17.7. The van der Waals surface area contributed by atoms with Gasteiger partial charge in [0, 0.05) is 12.5 Å². The standard InChI is InChI=1S/C24H29N5O/c1-18-7-6-10-21(17-18)29-22(12-11-19-8-4-3-5-9-19)26-23(27-29)24(30)25-20-13-15-28(2)16-14-20/h3-10,17,20H,11-16H2,1-2H3,(H,25,30). The Morgan fingerprint density at radius 2 is 1.83 bits per heavy atom. The molecule has 156 valence electrons. The first-order valence-electron chi connectivity index (χ1n) is 10.6. The highest BCUT2D eigenvalue weighted by Gasteiger charge is 2.23. The van der Waals surface area contributed by atoms with Crippen molar-refractivity contribution < 1.29 is 4.79 Å². The highest BCUT2D eigenvalue weighted by Crippen LogP contribution is 2.15. The molecule has 1 aliphatic rings. The van der Waals surface area contributed by atoms with E-state index in [1.165, 1.54) is 5.56 Å². The lowest BCUT2D eigenvalue weighted by Gasteiger charge is -2.29. The van der Waals surface area contributed by atoms with Gasteiger partial charge in [-0.15, -0.1) is 5.10 Å². The van der Waals surface area contributed by atoms with Gasteiger partial charge in [-0.3, -0.25) is 4.79 Å². The maximum atomic E-state index is 12.9. The third-order valence-electron chi connectivity index (χ3n) is 5.66. The van der Waals surface area contributed by atoms with E-state index in [-0.39, 0.29) is 17.8 Å². The molecule has 0 bridgehead atoms. The van der Waals surface area contributed by atoms with Crippen LogP contribution in [0, 0.1) is 6.92 Å². The van der Waals surface area contributed by atoms with E-state index in [2.05, 4.69) is 58.5 Å². The molecule has 1 N–H and O–H groups in total. The summed E-state index contributed by atoms with van der Waals surface area (Å²) in [5.41, 5.74) is 3.33. The number of aromatic nitrogens is 3. The number of aryl methyl sites for hydroxylation is 3. The zero-order valence-corrected chi connectivity index (χ0v) is 17.7. The number of piperidine rings is 1. The van der Waals surface area contributed by atoms with Crippen LogP contribution >= 0.6 is 0 Å². The first kappa shape index (κ1) is 20.3. The Morgan fingerprint density at radius 1 is 1.07 bits per heavy atom. The summed E-state index contributed by atoms with van der Waals surface area (Å²) in [6.07, 6.45) is 3.48. The van der Waals surface area contributed by atoms with Crippen LogP contribution in [0.1, 0.15) is 40.4 Å². The summed E-state index contributed by atoms with van der Waals surface area (Å²) in [6.45, 7) is 4.05. The van der Waals surface area contributed by atoms with Gasteiger partial charge in [-0.05, 0) is 69.6 Å². The van der Waals surface area contributed by atoms with Gasteiger partial charge in [0.2, 0.25) is 5.82 Å². The lowest BCUT2D eigenvalue weighted by Crippen LogP contribution is -2.43. The summed E-state index contributed by atoms with van der Waals surface area (Å²) in [4.78, 5) is 19.8. The lowest BCUT2D eigenvalue weighted by molar-refractivity contribution is 0.0906. The quantitative estimate of drug-likeness (QED) is 0.687. The predicted molar refractivity (Wildman–Crippen MR) is 118 cm³/mol. The molecule has 2 heterocycles. The molecule has 1 aliphatic heterocycles. The molecule has 0 atom stereocenters. The van der Waals surface area contributed by atoms with Crippen LogP contribution in [0.3, 0.4) is 0 Å². The second-order valence-corrected chi connectivity index (χ2v) is 8.14. The van der Waals surface area contributed by atoms with Crippen molar-refractivity contribution in [1.82, 2.24) is 25.0 Å². The summed E-state index contributed by atoms with van der Waals surface area (Å²) >= 11 is 0. The first-order valence-corrected chi connectivity index (χ1v) is 10.6. The number of likely N-dealkylation sites (tertiary alicyclic amines) is 1. The minimum atomic E-state index is -0.183. The predicted octanol–water partition coefficient (Wildman–Crippen LogP) is 3.18. The van der Waals surface area contributed by atoms with Crippen LogP contribution in [0.2, 0.25) is 0 Å². The molecule has 0 unspecified atom stereocenters. The van der Waals surface area contributed by atoms with E-state index in [1.54, 1.807) is 0 Å². The van der Waals surface area contributed by atoms with Gasteiger partial charge in [0.05, 0.1) is 5.69 Å². The maximum Gasteiger partial charge on any atom is 0.291 e. The molecule has 4 rings (SSSR count). The molecule has 1 saturated heterocycles.